The van der Waals surface area contributed by atoms with Gasteiger partial charge in [-0.05, 0) is 12.1 Å². The van der Waals surface area contributed by atoms with Gasteiger partial charge < -0.3 is 10.1 Å². The van der Waals surface area contributed by atoms with Crippen molar-refractivity contribution >= 4 is 33.3 Å². The minimum absolute atomic E-state index is 0.0916. The van der Waals surface area contributed by atoms with Gasteiger partial charge in [0.15, 0.2) is 5.13 Å². The maximum absolute atomic E-state index is 12.3. The van der Waals surface area contributed by atoms with E-state index in [9.17, 15) is 14.4 Å². The van der Waals surface area contributed by atoms with Crippen molar-refractivity contribution in [2.75, 3.05) is 31.6 Å². The van der Waals surface area contributed by atoms with Crippen molar-refractivity contribution < 1.29 is 9.53 Å². The van der Waals surface area contributed by atoms with Gasteiger partial charge in [0, 0.05) is 38.0 Å². The number of carbonyl (C=O) groups excluding carboxylic acids is 1. The minimum atomic E-state index is -0.524. The van der Waals surface area contributed by atoms with Crippen molar-refractivity contribution in [2.24, 2.45) is 0 Å². The molecule has 9 nitrogen and oxygen atoms in total. The summed E-state index contributed by atoms with van der Waals surface area (Å²) in [6, 6.07) is 6.83. The SMILES string of the molecule is O=C(CCn1c(=O)[nH]c(=O)c2ccccc21)Nc1nc(CN2CCOCC2)cs1. The molecule has 10 heteroatoms. The number of nitrogens with one attached hydrogen (secondary N) is 2. The standard InChI is InChI=1S/C19H21N5O4S/c25-16(21-18-20-13(12-29-18)11-23-7-9-28-10-8-23)5-6-24-15-4-2-1-3-14(15)17(26)22-19(24)27/h1-4,12H,5-11H2,(H,20,21,25)(H,22,26,27). The summed E-state index contributed by atoms with van der Waals surface area (Å²) in [7, 11) is 0. The van der Waals surface area contributed by atoms with E-state index in [-0.39, 0.29) is 18.9 Å². The Morgan fingerprint density at radius 2 is 2.03 bits per heavy atom. The van der Waals surface area contributed by atoms with Crippen LogP contribution in [0.3, 0.4) is 0 Å². The molecule has 2 N–H and O–H groups in total. The number of anilines is 1. The summed E-state index contributed by atoms with van der Waals surface area (Å²) < 4.78 is 6.74. The highest BCUT2D eigenvalue weighted by Gasteiger charge is 2.14. The maximum atomic E-state index is 12.3. The lowest BCUT2D eigenvalue weighted by atomic mass is 10.2. The Bertz CT molecular complexity index is 1130. The predicted molar refractivity (Wildman–Crippen MR) is 110 cm³/mol. The van der Waals surface area contributed by atoms with Crippen LogP contribution < -0.4 is 16.6 Å². The van der Waals surface area contributed by atoms with Crippen LogP contribution in [0, 0.1) is 0 Å². The second-order valence-electron chi connectivity index (χ2n) is 6.76. The summed E-state index contributed by atoms with van der Waals surface area (Å²) in [4.78, 5) is 45.4. The fourth-order valence-corrected chi connectivity index (χ4v) is 4.00. The lowest BCUT2D eigenvalue weighted by Crippen LogP contribution is -2.35. The number of amides is 1. The van der Waals surface area contributed by atoms with Crippen molar-refractivity contribution in [1.29, 1.82) is 0 Å². The molecule has 1 aliphatic heterocycles. The van der Waals surface area contributed by atoms with Crippen molar-refractivity contribution in [2.45, 2.75) is 19.5 Å². The molecule has 0 radical (unpaired) electrons. The third-order valence-corrected chi connectivity index (χ3v) is 5.56. The van der Waals surface area contributed by atoms with Gasteiger partial charge in [-0.2, -0.15) is 0 Å². The predicted octanol–water partition coefficient (Wildman–Crippen LogP) is 1.01. The van der Waals surface area contributed by atoms with Gasteiger partial charge in [0.25, 0.3) is 5.56 Å². The van der Waals surface area contributed by atoms with Crippen LogP contribution >= 0.6 is 11.3 Å². The summed E-state index contributed by atoms with van der Waals surface area (Å²) in [5, 5.41) is 5.68. The zero-order chi connectivity index (χ0) is 20.2. The zero-order valence-electron chi connectivity index (χ0n) is 15.7. The van der Waals surface area contributed by atoms with E-state index in [2.05, 4.69) is 20.2 Å². The molecule has 152 valence electrons. The van der Waals surface area contributed by atoms with E-state index < -0.39 is 11.2 Å². The van der Waals surface area contributed by atoms with Gasteiger partial charge in [-0.3, -0.25) is 24.0 Å². The number of carbonyl (C=O) groups is 1. The van der Waals surface area contributed by atoms with E-state index in [1.165, 1.54) is 15.9 Å². The highest BCUT2D eigenvalue weighted by Crippen LogP contribution is 2.17. The Labute approximate surface area is 170 Å². The summed E-state index contributed by atoms with van der Waals surface area (Å²) >= 11 is 1.38. The monoisotopic (exact) mass is 415 g/mol. The number of hydrogen-bond acceptors (Lipinski definition) is 7. The fourth-order valence-electron chi connectivity index (χ4n) is 3.28. The zero-order valence-corrected chi connectivity index (χ0v) is 16.5. The Morgan fingerprint density at radius 3 is 2.86 bits per heavy atom. The van der Waals surface area contributed by atoms with Crippen molar-refractivity contribution in [3.63, 3.8) is 0 Å². The third-order valence-electron chi connectivity index (χ3n) is 4.75. The molecule has 0 spiro atoms. The minimum Gasteiger partial charge on any atom is -0.379 e. The van der Waals surface area contributed by atoms with Gasteiger partial charge in [-0.15, -0.1) is 11.3 Å². The Kier molecular flexibility index (Phi) is 5.84. The lowest BCUT2D eigenvalue weighted by molar-refractivity contribution is -0.116. The molecule has 1 aromatic carbocycles. The lowest BCUT2D eigenvalue weighted by Gasteiger charge is -2.25. The molecule has 0 bridgehead atoms. The molecule has 2 aromatic heterocycles. The Hall–Kier alpha value is -2.82. The van der Waals surface area contributed by atoms with Gasteiger partial charge in [0.2, 0.25) is 5.91 Å². The summed E-state index contributed by atoms with van der Waals surface area (Å²) in [5.74, 6) is -0.237. The number of H-pyrrole nitrogens is 1. The van der Waals surface area contributed by atoms with E-state index in [0.29, 0.717) is 16.0 Å². The van der Waals surface area contributed by atoms with E-state index in [1.54, 1.807) is 24.3 Å². The van der Waals surface area contributed by atoms with E-state index in [4.69, 9.17) is 4.74 Å². The molecule has 0 aliphatic carbocycles. The molecule has 0 atom stereocenters. The average Bonchev–Trinajstić information content (AvgIpc) is 3.15. The number of fused-ring (bicyclic) bond motifs is 1. The molecule has 1 saturated heterocycles. The third kappa shape index (κ3) is 4.61. The van der Waals surface area contributed by atoms with Gasteiger partial charge >= 0.3 is 5.69 Å². The van der Waals surface area contributed by atoms with Gasteiger partial charge in [0.1, 0.15) is 0 Å². The molecule has 0 unspecified atom stereocenters. The summed E-state index contributed by atoms with van der Waals surface area (Å²) in [6.07, 6.45) is 0.0916. The number of thiazole rings is 1. The van der Waals surface area contributed by atoms with Crippen molar-refractivity contribution in [1.82, 2.24) is 19.4 Å². The number of hydrogen-bond donors (Lipinski definition) is 2. The van der Waals surface area contributed by atoms with Crippen LogP contribution in [0.1, 0.15) is 12.1 Å². The molecule has 3 aromatic rings. The molecule has 3 heterocycles. The van der Waals surface area contributed by atoms with Gasteiger partial charge in [-0.25, -0.2) is 9.78 Å². The first-order chi connectivity index (χ1) is 14.1. The first-order valence-corrected chi connectivity index (χ1v) is 10.2. The quantitative estimate of drug-likeness (QED) is 0.622. The fraction of sp³-hybridized carbons (Fsp3) is 0.368. The van der Waals surface area contributed by atoms with Crippen LogP contribution in [0.25, 0.3) is 10.9 Å². The number of rotatable bonds is 6. The van der Waals surface area contributed by atoms with Crippen LogP contribution in [0.4, 0.5) is 5.13 Å². The van der Waals surface area contributed by atoms with Crippen molar-refractivity contribution in [3.8, 4) is 0 Å². The van der Waals surface area contributed by atoms with Crippen molar-refractivity contribution in [3.05, 3.63) is 56.2 Å². The highest BCUT2D eigenvalue weighted by atomic mass is 32.1. The number of nitrogens with zero attached hydrogens (tertiary/aromatic N) is 3. The highest BCUT2D eigenvalue weighted by molar-refractivity contribution is 7.13. The largest absolute Gasteiger partial charge is 0.379 e. The van der Waals surface area contributed by atoms with Gasteiger partial charge in [0.05, 0.1) is 29.8 Å². The number of aromatic nitrogens is 3. The van der Waals surface area contributed by atoms with Crippen LogP contribution in [0.15, 0.2) is 39.2 Å². The number of benzene rings is 1. The topological polar surface area (TPSA) is 109 Å². The summed E-state index contributed by atoms with van der Waals surface area (Å²) in [5.41, 5.74) is 0.469. The second-order valence-corrected chi connectivity index (χ2v) is 7.62. The number of aryl methyl sites for hydroxylation is 1. The molecule has 1 aliphatic rings. The van der Waals surface area contributed by atoms with Gasteiger partial charge in [-0.1, -0.05) is 12.1 Å². The molecular weight excluding hydrogens is 394 g/mol. The second kappa shape index (κ2) is 8.68. The van der Waals surface area contributed by atoms with Crippen LogP contribution in [-0.2, 0) is 22.6 Å². The molecule has 4 rings (SSSR count). The Morgan fingerprint density at radius 1 is 1.24 bits per heavy atom. The molecule has 1 fully saturated rings. The average molecular weight is 415 g/mol. The molecule has 1 amide bonds. The first kappa shape index (κ1) is 19.5. The van der Waals surface area contributed by atoms with E-state index in [0.717, 1.165) is 38.5 Å². The normalized spacial score (nSPS) is 14.9. The van der Waals surface area contributed by atoms with E-state index >= 15 is 0 Å². The molecule has 29 heavy (non-hydrogen) atoms. The van der Waals surface area contributed by atoms with E-state index in [1.807, 2.05) is 5.38 Å². The number of morpholine rings is 1. The summed E-state index contributed by atoms with van der Waals surface area (Å²) in [6.45, 7) is 4.10. The Balaban J connectivity index is 1.38. The number of para-hydroxylation sites is 1. The first-order valence-electron chi connectivity index (χ1n) is 9.36. The number of ether oxygens (including phenoxy) is 1. The number of aromatic amines is 1. The van der Waals surface area contributed by atoms with Crippen LogP contribution in [0.5, 0.6) is 0 Å². The molecular formula is C19H21N5O4S. The molecule has 0 saturated carbocycles. The maximum Gasteiger partial charge on any atom is 0.328 e. The smallest absolute Gasteiger partial charge is 0.328 e. The van der Waals surface area contributed by atoms with Crippen LogP contribution in [-0.4, -0.2) is 51.6 Å². The van der Waals surface area contributed by atoms with Crippen LogP contribution in [0.2, 0.25) is 0 Å².